The fourth-order valence-corrected chi connectivity index (χ4v) is 2.30. The molecular weight excluding hydrogens is 270 g/mol. The van der Waals surface area contributed by atoms with E-state index in [9.17, 15) is 4.79 Å². The highest BCUT2D eigenvalue weighted by atomic mass is 16.6. The minimum absolute atomic E-state index is 0.00182. The summed E-state index contributed by atoms with van der Waals surface area (Å²) in [6.45, 7) is 13.6. The molecule has 5 nitrogen and oxygen atoms in total. The average Bonchev–Trinajstić information content (AvgIpc) is 2.41. The van der Waals surface area contributed by atoms with Gasteiger partial charge in [-0.25, -0.2) is 0 Å². The van der Waals surface area contributed by atoms with Gasteiger partial charge in [0, 0.05) is 26.2 Å². The summed E-state index contributed by atoms with van der Waals surface area (Å²) in [5.74, 6) is 0.927. The monoisotopic (exact) mass is 301 g/mol. The highest BCUT2D eigenvalue weighted by molar-refractivity contribution is 5.69. The largest absolute Gasteiger partial charge is 0.463 e. The van der Waals surface area contributed by atoms with Gasteiger partial charge in [-0.1, -0.05) is 27.7 Å². The summed E-state index contributed by atoms with van der Waals surface area (Å²) in [7, 11) is 0. The van der Waals surface area contributed by atoms with E-state index in [1.807, 2.05) is 0 Å². The Balaban J connectivity index is 2.11. The minimum Gasteiger partial charge on any atom is -0.463 e. The van der Waals surface area contributed by atoms with E-state index in [2.05, 4.69) is 32.6 Å². The molecule has 1 aliphatic rings. The van der Waals surface area contributed by atoms with E-state index >= 15 is 0 Å². The molecule has 0 aromatic heterocycles. The molecular formula is C16H31NO4. The van der Waals surface area contributed by atoms with Crippen LogP contribution < -0.4 is 0 Å². The quantitative estimate of drug-likeness (QED) is 0.481. The summed E-state index contributed by atoms with van der Waals surface area (Å²) >= 11 is 0. The van der Waals surface area contributed by atoms with Crippen LogP contribution in [0.15, 0.2) is 0 Å². The maximum Gasteiger partial charge on any atom is 0.308 e. The van der Waals surface area contributed by atoms with Crippen molar-refractivity contribution in [2.45, 2.75) is 40.2 Å². The molecule has 0 aromatic rings. The Kier molecular flexibility index (Phi) is 8.88. The molecule has 1 heterocycles. The van der Waals surface area contributed by atoms with Crippen molar-refractivity contribution in [1.29, 1.82) is 0 Å². The molecule has 0 spiro atoms. The Labute approximate surface area is 128 Å². The van der Waals surface area contributed by atoms with Crippen LogP contribution in [-0.4, -0.2) is 63.0 Å². The van der Waals surface area contributed by atoms with E-state index < -0.39 is 0 Å². The van der Waals surface area contributed by atoms with Crippen LogP contribution in [0.5, 0.6) is 0 Å². The molecule has 1 atom stereocenters. The molecule has 0 bridgehead atoms. The summed E-state index contributed by atoms with van der Waals surface area (Å²) in [6, 6.07) is 0. The van der Waals surface area contributed by atoms with Crippen LogP contribution in [0, 0.1) is 11.8 Å². The van der Waals surface area contributed by atoms with Crippen molar-refractivity contribution in [3.05, 3.63) is 0 Å². The zero-order chi connectivity index (χ0) is 15.7. The van der Waals surface area contributed by atoms with Crippen molar-refractivity contribution in [3.63, 3.8) is 0 Å². The lowest BCUT2D eigenvalue weighted by Crippen LogP contribution is -2.45. The first kappa shape index (κ1) is 18.4. The van der Waals surface area contributed by atoms with Crippen LogP contribution in [0.2, 0.25) is 0 Å². The lowest BCUT2D eigenvalue weighted by Gasteiger charge is -2.33. The number of ether oxygens (including phenoxy) is 3. The van der Waals surface area contributed by atoms with Crippen molar-refractivity contribution < 1.29 is 19.0 Å². The lowest BCUT2D eigenvalue weighted by atomic mass is 10.2. The normalized spacial score (nSPS) is 20.2. The number of hydrogen-bond donors (Lipinski definition) is 0. The second-order valence-electron chi connectivity index (χ2n) is 6.55. The number of nitrogens with zero attached hydrogens (tertiary/aromatic N) is 1. The molecule has 1 fully saturated rings. The fraction of sp³-hybridized carbons (Fsp3) is 0.938. The fourth-order valence-electron chi connectivity index (χ4n) is 2.30. The van der Waals surface area contributed by atoms with Crippen molar-refractivity contribution >= 4 is 5.97 Å². The Bertz CT molecular complexity index is 294. The third-order valence-electron chi connectivity index (χ3n) is 3.18. The molecule has 1 saturated heterocycles. The highest BCUT2D eigenvalue weighted by Gasteiger charge is 2.22. The molecule has 1 unspecified atom stereocenters. The topological polar surface area (TPSA) is 48.0 Å². The molecule has 0 aromatic carbocycles. The zero-order valence-electron chi connectivity index (χ0n) is 14.0. The molecule has 0 amide bonds. The molecule has 0 radical (unpaired) electrons. The molecule has 21 heavy (non-hydrogen) atoms. The number of hydrogen-bond acceptors (Lipinski definition) is 5. The molecule has 1 rings (SSSR count). The van der Waals surface area contributed by atoms with Gasteiger partial charge < -0.3 is 14.2 Å². The van der Waals surface area contributed by atoms with E-state index in [4.69, 9.17) is 14.2 Å². The van der Waals surface area contributed by atoms with Crippen LogP contribution in [0.25, 0.3) is 0 Å². The zero-order valence-corrected chi connectivity index (χ0v) is 14.0. The van der Waals surface area contributed by atoms with E-state index in [0.29, 0.717) is 44.7 Å². The number of esters is 1. The van der Waals surface area contributed by atoms with Gasteiger partial charge in [-0.3, -0.25) is 9.69 Å². The molecule has 5 heteroatoms. The van der Waals surface area contributed by atoms with Crippen molar-refractivity contribution in [2.75, 3.05) is 46.1 Å². The maximum atomic E-state index is 11.6. The number of carbonyl (C=O) groups is 1. The molecule has 124 valence electrons. The first-order valence-electron chi connectivity index (χ1n) is 8.04. The maximum absolute atomic E-state index is 11.6. The van der Waals surface area contributed by atoms with Crippen molar-refractivity contribution in [3.8, 4) is 0 Å². The highest BCUT2D eigenvalue weighted by Crippen LogP contribution is 2.08. The molecule has 0 aliphatic carbocycles. The van der Waals surface area contributed by atoms with Crippen LogP contribution in [-0.2, 0) is 19.0 Å². The molecule has 0 saturated carbocycles. The van der Waals surface area contributed by atoms with Gasteiger partial charge in [-0.15, -0.1) is 0 Å². The summed E-state index contributed by atoms with van der Waals surface area (Å²) in [5.41, 5.74) is 0. The standard InChI is InChI=1S/C16H31NO4/c1-13(2)9-17-6-8-20-15(10-17)12-21-16(18)5-7-19-11-14(3)4/h13-15H,5-12H2,1-4H3. The van der Waals surface area contributed by atoms with E-state index in [-0.39, 0.29) is 12.1 Å². The minimum atomic E-state index is -0.205. The molecule has 1 aliphatic heterocycles. The average molecular weight is 301 g/mol. The van der Waals surface area contributed by atoms with E-state index in [1.165, 1.54) is 0 Å². The van der Waals surface area contributed by atoms with Crippen LogP contribution >= 0.6 is 0 Å². The summed E-state index contributed by atoms with van der Waals surface area (Å²) in [4.78, 5) is 14.0. The van der Waals surface area contributed by atoms with Gasteiger partial charge in [0.2, 0.25) is 0 Å². The van der Waals surface area contributed by atoms with Gasteiger partial charge in [0.1, 0.15) is 12.7 Å². The van der Waals surface area contributed by atoms with Gasteiger partial charge in [0.15, 0.2) is 0 Å². The van der Waals surface area contributed by atoms with Gasteiger partial charge in [-0.2, -0.15) is 0 Å². The lowest BCUT2D eigenvalue weighted by molar-refractivity contribution is -0.151. The Morgan fingerprint density at radius 1 is 1.29 bits per heavy atom. The smallest absolute Gasteiger partial charge is 0.308 e. The van der Waals surface area contributed by atoms with Gasteiger partial charge >= 0.3 is 5.97 Å². The second-order valence-corrected chi connectivity index (χ2v) is 6.55. The SMILES string of the molecule is CC(C)COCCC(=O)OCC1CN(CC(C)C)CCO1. The predicted molar refractivity (Wildman–Crippen MR) is 82.3 cm³/mol. The summed E-state index contributed by atoms with van der Waals surface area (Å²) in [6.07, 6.45) is 0.313. The van der Waals surface area contributed by atoms with E-state index in [1.54, 1.807) is 0 Å². The van der Waals surface area contributed by atoms with Crippen LogP contribution in [0.4, 0.5) is 0 Å². The predicted octanol–water partition coefficient (Wildman–Crippen LogP) is 1.95. The van der Waals surface area contributed by atoms with Crippen LogP contribution in [0.3, 0.4) is 0 Å². The third-order valence-corrected chi connectivity index (χ3v) is 3.18. The second kappa shape index (κ2) is 10.1. The first-order valence-corrected chi connectivity index (χ1v) is 8.04. The number of rotatable bonds is 9. The van der Waals surface area contributed by atoms with Gasteiger partial charge in [0.25, 0.3) is 0 Å². The summed E-state index contributed by atoms with van der Waals surface area (Å²) < 4.78 is 16.3. The Morgan fingerprint density at radius 2 is 2.05 bits per heavy atom. The van der Waals surface area contributed by atoms with Crippen LogP contribution in [0.1, 0.15) is 34.1 Å². The number of carbonyl (C=O) groups excluding carboxylic acids is 1. The van der Waals surface area contributed by atoms with Gasteiger partial charge in [-0.05, 0) is 11.8 Å². The summed E-state index contributed by atoms with van der Waals surface area (Å²) in [5, 5.41) is 0. The van der Waals surface area contributed by atoms with Crippen molar-refractivity contribution in [2.24, 2.45) is 11.8 Å². The van der Waals surface area contributed by atoms with Crippen molar-refractivity contribution in [1.82, 2.24) is 4.90 Å². The third kappa shape index (κ3) is 9.06. The molecule has 0 N–H and O–H groups in total. The Morgan fingerprint density at radius 3 is 2.71 bits per heavy atom. The van der Waals surface area contributed by atoms with Gasteiger partial charge in [0.05, 0.1) is 19.6 Å². The Hall–Kier alpha value is -0.650. The van der Waals surface area contributed by atoms with E-state index in [0.717, 1.165) is 19.6 Å². The first-order chi connectivity index (χ1) is 9.97. The number of morpholine rings is 1.